The number of rotatable bonds is 39. The van der Waals surface area contributed by atoms with E-state index in [0.717, 1.165) is 26.8 Å². The van der Waals surface area contributed by atoms with Gasteiger partial charge in [-0.25, -0.2) is 9.59 Å². The molecule has 10 rings (SSSR count). The van der Waals surface area contributed by atoms with Gasteiger partial charge < -0.3 is 83.7 Å². The number of carbonyl (C=O) groups excluding carboxylic acids is 12. The zero-order valence-electron chi connectivity index (χ0n) is 66.0. The number of nitrogens with one attached hydrogen (secondary N) is 11. The van der Waals surface area contributed by atoms with Crippen LogP contribution in [-0.2, 0) is 96.1 Å². The van der Waals surface area contributed by atoms with Crippen molar-refractivity contribution in [1.29, 1.82) is 5.41 Å². The Labute approximate surface area is 684 Å². The predicted octanol–water partition coefficient (Wildman–Crippen LogP) is 2.23. The number of anilines is 1. The van der Waals surface area contributed by atoms with Gasteiger partial charge in [-0.3, -0.25) is 68.5 Å². The number of ether oxygens (including phenoxy) is 2. The lowest BCUT2D eigenvalue weighted by Crippen LogP contribution is -2.61. The molecule has 4 fully saturated rings. The van der Waals surface area contributed by atoms with Gasteiger partial charge in [0.25, 0.3) is 5.91 Å². The molecule has 624 valence electrons. The number of fused-ring (bicyclic) bond motifs is 1. The summed E-state index contributed by atoms with van der Waals surface area (Å²) in [7, 11) is 0. The Hall–Kier alpha value is -11.4. The van der Waals surface area contributed by atoms with Crippen LogP contribution in [0.25, 0.3) is 10.8 Å². The molecule has 4 aliphatic rings. The van der Waals surface area contributed by atoms with Gasteiger partial charge in [0.15, 0.2) is 11.7 Å². The Morgan fingerprint density at radius 2 is 1.12 bits per heavy atom. The van der Waals surface area contributed by atoms with Crippen molar-refractivity contribution in [3.05, 3.63) is 184 Å². The number of benzene rings is 6. The predicted molar refractivity (Wildman–Crippen MR) is 437 cm³/mol. The van der Waals surface area contributed by atoms with Crippen molar-refractivity contribution in [1.82, 2.24) is 67.5 Å². The van der Waals surface area contributed by atoms with Crippen molar-refractivity contribution >= 4 is 105 Å². The van der Waals surface area contributed by atoms with E-state index >= 15 is 14.4 Å². The van der Waals surface area contributed by atoms with Crippen LogP contribution in [0.3, 0.4) is 0 Å². The number of nitrogens with two attached hydrogens (primary N) is 2. The molecule has 2 unspecified atom stereocenters. The van der Waals surface area contributed by atoms with Crippen LogP contribution in [0, 0.1) is 11.3 Å². The monoisotopic (exact) mass is 1630 g/mol. The van der Waals surface area contributed by atoms with E-state index in [1.807, 2.05) is 54.6 Å². The number of urea groups is 2. The molecule has 0 spiro atoms. The van der Waals surface area contributed by atoms with E-state index in [9.17, 15) is 48.3 Å². The van der Waals surface area contributed by atoms with Crippen molar-refractivity contribution in [3.63, 3.8) is 0 Å². The minimum absolute atomic E-state index is 0.00769. The molecule has 16 N–H and O–H groups in total. The highest BCUT2D eigenvalue weighted by Gasteiger charge is 2.46. The summed E-state index contributed by atoms with van der Waals surface area (Å²) in [5, 5.41) is 49.0. The molecule has 10 atom stereocenters. The molecule has 0 saturated carbocycles. The van der Waals surface area contributed by atoms with E-state index in [1.54, 1.807) is 110 Å². The van der Waals surface area contributed by atoms with Gasteiger partial charge in [0.1, 0.15) is 54.4 Å². The number of aliphatic hydroxyl groups excluding tert-OH is 1. The van der Waals surface area contributed by atoms with Gasteiger partial charge in [-0.15, -0.1) is 0 Å². The summed E-state index contributed by atoms with van der Waals surface area (Å²) >= 11 is 6.28. The number of morpholine rings is 2. The largest absolute Gasteiger partial charge is 0.394 e. The number of ketones is 1. The number of hydrogen-bond donors (Lipinski definition) is 14. The number of halogens is 1. The summed E-state index contributed by atoms with van der Waals surface area (Å²) in [5.41, 5.74) is 15.3. The summed E-state index contributed by atoms with van der Waals surface area (Å²) in [5.74, 6) is -8.50. The first-order valence-electron chi connectivity index (χ1n) is 39.6. The van der Waals surface area contributed by atoms with Crippen molar-refractivity contribution in [3.8, 4) is 0 Å². The standard InChI is InChI=1S/C84H106ClN17O15/c1-51(2)41-65(75(107)93-63(15-9-31-89-82(87)88)80(112)101-32-10-16-70(101)79(111)91-52(3)73(86)105)94-76(108)66(45-55-24-29-62(30-25-55)92-83(114)100-35-39-117-40-36-100)95-77(109)67(44-54-17-19-57(20-18-54)49-99-33-37-116-38-34-99)96-78(110)69(50-103)97-74(106)64(43-53-11-5-4-6-12-53)90-48-72(104)71(47-56-22-27-61(85)28-23-56)102-81(113)68(98-84(102)115)46-58-21-26-59-13-7-8-14-60(59)42-58/h4-8,11-14,17-30,42,51-52,63-71,90,103H,9-10,15-16,31-41,43-50H2,1-3H3,(H2,86,105)(H,91,111)(H,92,114)(H,93,107)(H,94,108)(H,95,109)(H,96,110)(H,97,106)(H,98,115)(H4,87,88,89)/t52-,63+,64-,65+,66-,67+,68?,69+,70+,71?/m1/s1. The van der Waals surface area contributed by atoms with Crippen LogP contribution in [0.1, 0.15) is 86.3 Å². The SMILES string of the molecule is CC(C)C[C@H](NC(=O)[C@@H](Cc1ccc(NC(=O)N2CCOCC2)cc1)NC(=O)[C@H](Cc1ccc(CN2CCOCC2)cc1)NC(=O)[C@H](CO)NC(=O)[C@@H](Cc1ccccc1)NCC(=O)C(Cc1ccc(Cl)cc1)N1C(=O)NC(Cc2ccc3ccccc3c2)C1=O)C(=O)N[C@@H](CCCNC(=N)N)C(=O)N1CCC[C@H]1C(=O)N[C@H](C)C(N)=O. The Morgan fingerprint density at radius 3 is 1.75 bits per heavy atom. The third kappa shape index (κ3) is 25.8. The Morgan fingerprint density at radius 1 is 0.590 bits per heavy atom. The Kier molecular flexibility index (Phi) is 32.3. The van der Waals surface area contributed by atoms with E-state index < -0.39 is 139 Å². The molecule has 4 heterocycles. The molecular formula is C84H106ClN17O15. The molecule has 0 aromatic heterocycles. The molecule has 33 heteroatoms. The van der Waals surface area contributed by atoms with E-state index in [0.29, 0.717) is 98.5 Å². The second-order valence-corrected chi connectivity index (χ2v) is 30.7. The second kappa shape index (κ2) is 43.0. The van der Waals surface area contributed by atoms with Crippen LogP contribution >= 0.6 is 11.6 Å². The first-order chi connectivity index (χ1) is 56.2. The van der Waals surface area contributed by atoms with Gasteiger partial charge in [-0.2, -0.15) is 0 Å². The molecule has 4 saturated heterocycles. The summed E-state index contributed by atoms with van der Waals surface area (Å²) < 4.78 is 11.0. The minimum atomic E-state index is -1.78. The second-order valence-electron chi connectivity index (χ2n) is 30.3. The van der Waals surface area contributed by atoms with Crippen LogP contribution in [0.2, 0.25) is 5.02 Å². The summed E-state index contributed by atoms with van der Waals surface area (Å²) in [6, 6.07) is 27.9. The Balaban J connectivity index is 0.914. The van der Waals surface area contributed by atoms with Crippen LogP contribution in [0.15, 0.2) is 146 Å². The fourth-order valence-electron chi connectivity index (χ4n) is 14.5. The van der Waals surface area contributed by atoms with E-state index in [4.69, 9.17) is 38.0 Å². The number of likely N-dealkylation sites (tertiary alicyclic amines) is 1. The maximum Gasteiger partial charge on any atom is 0.325 e. The molecule has 0 radical (unpaired) electrons. The third-order valence-corrected chi connectivity index (χ3v) is 21.3. The van der Waals surface area contributed by atoms with E-state index in [2.05, 4.69) is 58.1 Å². The molecule has 13 amide bonds. The third-order valence-electron chi connectivity index (χ3n) is 21.0. The molecule has 0 bridgehead atoms. The van der Waals surface area contributed by atoms with Crippen molar-refractivity contribution in [2.45, 2.75) is 152 Å². The number of amides is 13. The number of carbonyl (C=O) groups is 12. The number of nitrogens with zero attached hydrogens (tertiary/aromatic N) is 4. The molecule has 0 aliphatic carbocycles. The van der Waals surface area contributed by atoms with Gasteiger partial charge in [-0.05, 0) is 120 Å². The van der Waals surface area contributed by atoms with E-state index in [-0.39, 0.29) is 88.8 Å². The first kappa shape index (κ1) is 88.0. The number of aliphatic hydroxyl groups is 1. The molecule has 6 aromatic rings. The van der Waals surface area contributed by atoms with E-state index in [1.165, 1.54) is 11.8 Å². The van der Waals surface area contributed by atoms with Crippen molar-refractivity contribution in [2.75, 3.05) is 84.2 Å². The zero-order valence-corrected chi connectivity index (χ0v) is 66.7. The smallest absolute Gasteiger partial charge is 0.325 e. The maximum atomic E-state index is 15.5. The lowest BCUT2D eigenvalue weighted by Gasteiger charge is -2.31. The fraction of sp³-hybridized carbons (Fsp3) is 0.440. The number of primary amides is 1. The van der Waals surface area contributed by atoms with Gasteiger partial charge in [-0.1, -0.05) is 147 Å². The van der Waals surface area contributed by atoms with Crippen LogP contribution in [0.4, 0.5) is 15.3 Å². The molecule has 117 heavy (non-hydrogen) atoms. The van der Waals surface area contributed by atoms with Crippen LogP contribution in [-0.4, -0.2) is 241 Å². The minimum Gasteiger partial charge on any atom is -0.394 e. The quantitative estimate of drug-likeness (QED) is 0.0114. The molecule has 6 aromatic carbocycles. The average Bonchev–Trinajstić information content (AvgIpc) is 1.66. The lowest BCUT2D eigenvalue weighted by molar-refractivity contribution is -0.142. The van der Waals surface area contributed by atoms with Crippen molar-refractivity contribution in [2.24, 2.45) is 17.4 Å². The summed E-state index contributed by atoms with van der Waals surface area (Å²) in [4.78, 5) is 179. The maximum absolute atomic E-state index is 15.5. The highest BCUT2D eigenvalue weighted by Crippen LogP contribution is 2.25. The summed E-state index contributed by atoms with van der Waals surface area (Å²) in [6.07, 6.45) is 0.234. The highest BCUT2D eigenvalue weighted by molar-refractivity contribution is 6.30. The highest BCUT2D eigenvalue weighted by atomic mass is 35.5. The number of Topliss-reactive ketones (excluding diaryl/α,β-unsaturated/α-hetero) is 1. The molecule has 32 nitrogen and oxygen atoms in total. The lowest BCUT2D eigenvalue weighted by atomic mass is 9.98. The number of guanidine groups is 1. The molecule has 4 aliphatic heterocycles. The van der Waals surface area contributed by atoms with Crippen LogP contribution in [0.5, 0.6) is 0 Å². The first-order valence-corrected chi connectivity index (χ1v) is 40.0. The Bertz CT molecular complexity index is 4480. The summed E-state index contributed by atoms with van der Waals surface area (Å²) in [6.45, 7) is 8.24. The normalized spacial score (nSPS) is 17.7. The zero-order chi connectivity index (χ0) is 83.7. The molecular weight excluding hydrogens is 1520 g/mol. The number of hydrogen-bond acceptors (Lipinski definition) is 18. The fourth-order valence-corrected chi connectivity index (χ4v) is 14.7. The van der Waals surface area contributed by atoms with Gasteiger partial charge in [0, 0.05) is 82.2 Å². The average molecular weight is 1630 g/mol. The van der Waals surface area contributed by atoms with Gasteiger partial charge in [0.2, 0.25) is 47.3 Å². The van der Waals surface area contributed by atoms with Gasteiger partial charge in [0.05, 0.1) is 45.6 Å². The van der Waals surface area contributed by atoms with Crippen molar-refractivity contribution < 1.29 is 72.1 Å². The van der Waals surface area contributed by atoms with Gasteiger partial charge >= 0.3 is 12.1 Å². The van der Waals surface area contributed by atoms with Crippen LogP contribution < -0.4 is 64.6 Å². The number of imide groups is 1. The topological polar surface area (TPSA) is 453 Å².